The maximum Gasteiger partial charge on any atom is 0.472 e. The Morgan fingerprint density at radius 2 is 0.517 bits per heavy atom. The van der Waals surface area contributed by atoms with Gasteiger partial charge < -0.3 is 33.8 Å². The third kappa shape index (κ3) is 64.6. The fraction of sp³-hybridized carbons (Fsp3) is 0.943. The lowest BCUT2D eigenvalue weighted by atomic mass is 10.0. The molecule has 19 heteroatoms. The minimum Gasteiger partial charge on any atom is -0.462 e. The van der Waals surface area contributed by atoms with Gasteiger partial charge in [-0.15, -0.1) is 0 Å². The van der Waals surface area contributed by atoms with E-state index in [1.165, 1.54) is 180 Å². The van der Waals surface area contributed by atoms with E-state index in [1.807, 2.05) is 0 Å². The van der Waals surface area contributed by atoms with Crippen molar-refractivity contribution in [3.05, 3.63) is 0 Å². The van der Waals surface area contributed by atoms with E-state index in [4.69, 9.17) is 37.0 Å². The van der Waals surface area contributed by atoms with Gasteiger partial charge in [-0.2, -0.15) is 0 Å². The molecule has 3 N–H and O–H groups in total. The van der Waals surface area contributed by atoms with Gasteiger partial charge in [0.25, 0.3) is 0 Å². The van der Waals surface area contributed by atoms with Crippen molar-refractivity contribution in [2.75, 3.05) is 39.6 Å². The highest BCUT2D eigenvalue weighted by Gasteiger charge is 2.30. The number of aliphatic hydroxyl groups is 1. The van der Waals surface area contributed by atoms with E-state index in [-0.39, 0.29) is 25.7 Å². The van der Waals surface area contributed by atoms with Crippen molar-refractivity contribution in [3.63, 3.8) is 0 Å². The summed E-state index contributed by atoms with van der Waals surface area (Å²) < 4.78 is 68.3. The lowest BCUT2D eigenvalue weighted by molar-refractivity contribution is -0.161. The zero-order valence-corrected chi connectivity index (χ0v) is 59.4. The average Bonchev–Trinajstić information content (AvgIpc) is 3.61. The van der Waals surface area contributed by atoms with Crippen LogP contribution in [-0.2, 0) is 65.4 Å². The molecule has 2 unspecified atom stereocenters. The van der Waals surface area contributed by atoms with Gasteiger partial charge >= 0.3 is 39.5 Å². The normalized spacial score (nSPS) is 14.1. The zero-order chi connectivity index (χ0) is 65.6. The Labute approximate surface area is 543 Å². The molecule has 0 aromatic rings. The lowest BCUT2D eigenvalue weighted by Gasteiger charge is -2.21. The Morgan fingerprint density at radius 3 is 0.764 bits per heavy atom. The molecule has 0 radical (unpaired) electrons. The standard InChI is InChI=1S/C70H136O17P2/c1-6-9-12-15-18-21-24-27-29-32-34-37-43-48-53-67(72)80-59-65(86-70(75)56-51-46-39-36-33-30-28-25-22-19-16-13-10-7-2)61-84-88(76,77)82-57-64(71)58-83-89(78,79)85-62-66(60-81-68(73)54-49-44-41-40-42-47-52-63(4)5)87-69(74)55-50-45-38-35-31-26-23-20-17-14-11-8-3/h63-66,71H,6-62H2,1-5H3,(H,76,77)(H,78,79)/t64-,65-,66-/m1/s1. The van der Waals surface area contributed by atoms with Crippen LogP contribution in [0, 0.1) is 5.92 Å². The van der Waals surface area contributed by atoms with Gasteiger partial charge in [0.1, 0.15) is 19.3 Å². The van der Waals surface area contributed by atoms with Crippen molar-refractivity contribution in [1.82, 2.24) is 0 Å². The molecule has 0 amide bonds. The SMILES string of the molecule is CCCCCCCCCCCCCCCCC(=O)OC[C@H](COP(=O)(O)OC[C@@H](O)COP(=O)(O)OC[C@@H](COC(=O)CCCCCCCCC(C)C)OC(=O)CCCCCCCCCCCCCC)OC(=O)CCCCCCCCCCCCCCCC. The van der Waals surface area contributed by atoms with E-state index in [9.17, 15) is 43.2 Å². The summed E-state index contributed by atoms with van der Waals surface area (Å²) in [6, 6.07) is 0. The summed E-state index contributed by atoms with van der Waals surface area (Å²) in [5.74, 6) is -1.44. The highest BCUT2D eigenvalue weighted by Crippen LogP contribution is 2.45. The van der Waals surface area contributed by atoms with E-state index in [2.05, 4.69) is 34.6 Å². The fourth-order valence-corrected chi connectivity index (χ4v) is 12.2. The largest absolute Gasteiger partial charge is 0.472 e. The molecule has 0 aliphatic heterocycles. The number of phosphoric ester groups is 2. The molecule has 528 valence electrons. The molecule has 0 saturated heterocycles. The van der Waals surface area contributed by atoms with Crippen LogP contribution in [0.4, 0.5) is 0 Å². The number of hydrogen-bond acceptors (Lipinski definition) is 15. The average molecular weight is 1310 g/mol. The Bertz CT molecular complexity index is 1720. The van der Waals surface area contributed by atoms with Crippen LogP contribution in [0.2, 0.25) is 0 Å². The molecule has 0 aromatic carbocycles. The molecule has 0 saturated carbocycles. The maximum absolute atomic E-state index is 13.0. The van der Waals surface area contributed by atoms with Crippen molar-refractivity contribution >= 4 is 39.5 Å². The number of aliphatic hydroxyl groups excluding tert-OH is 1. The molecule has 0 aliphatic carbocycles. The van der Waals surface area contributed by atoms with E-state index in [1.54, 1.807) is 0 Å². The van der Waals surface area contributed by atoms with E-state index < -0.39 is 97.5 Å². The van der Waals surface area contributed by atoms with Crippen LogP contribution < -0.4 is 0 Å². The topological polar surface area (TPSA) is 237 Å². The van der Waals surface area contributed by atoms with Gasteiger partial charge in [-0.05, 0) is 31.6 Å². The van der Waals surface area contributed by atoms with Crippen LogP contribution in [0.3, 0.4) is 0 Å². The fourth-order valence-electron chi connectivity index (χ4n) is 10.6. The smallest absolute Gasteiger partial charge is 0.462 e. The highest BCUT2D eigenvalue weighted by atomic mass is 31.2. The lowest BCUT2D eigenvalue weighted by Crippen LogP contribution is -2.30. The number of carbonyl (C=O) groups is 4. The van der Waals surface area contributed by atoms with Gasteiger partial charge in [0, 0.05) is 25.7 Å². The molecule has 5 atom stereocenters. The molecular formula is C70H136O17P2. The van der Waals surface area contributed by atoms with Crippen molar-refractivity contribution in [1.29, 1.82) is 0 Å². The van der Waals surface area contributed by atoms with Gasteiger partial charge in [-0.1, -0.05) is 311 Å². The first-order valence-corrected chi connectivity index (χ1v) is 39.6. The molecule has 17 nitrogen and oxygen atoms in total. The maximum atomic E-state index is 13.0. The first-order chi connectivity index (χ1) is 43.0. The molecule has 0 bridgehead atoms. The number of ether oxygens (including phenoxy) is 4. The molecule has 0 aromatic heterocycles. The summed E-state index contributed by atoms with van der Waals surface area (Å²) in [7, 11) is -9.90. The van der Waals surface area contributed by atoms with Crippen LogP contribution in [0.5, 0.6) is 0 Å². The summed E-state index contributed by atoms with van der Waals surface area (Å²) in [6.45, 7) is 7.17. The van der Waals surface area contributed by atoms with Crippen molar-refractivity contribution < 1.29 is 80.2 Å². The van der Waals surface area contributed by atoms with Crippen molar-refractivity contribution in [3.8, 4) is 0 Å². The predicted molar refractivity (Wildman–Crippen MR) is 358 cm³/mol. The van der Waals surface area contributed by atoms with Crippen LogP contribution >= 0.6 is 15.6 Å². The van der Waals surface area contributed by atoms with E-state index in [0.717, 1.165) is 96.3 Å². The Balaban J connectivity index is 5.24. The molecule has 0 fully saturated rings. The number of rotatable bonds is 70. The zero-order valence-electron chi connectivity index (χ0n) is 57.6. The summed E-state index contributed by atoms with van der Waals surface area (Å²) in [5.41, 5.74) is 0. The Morgan fingerprint density at radius 1 is 0.303 bits per heavy atom. The molecule has 0 aliphatic rings. The molecular weight excluding hydrogens is 1170 g/mol. The predicted octanol–water partition coefficient (Wildman–Crippen LogP) is 20.1. The summed E-state index contributed by atoms with van der Waals surface area (Å²) in [5, 5.41) is 10.6. The molecule has 0 spiro atoms. The van der Waals surface area contributed by atoms with Gasteiger partial charge in [-0.3, -0.25) is 37.3 Å². The number of carbonyl (C=O) groups excluding carboxylic acids is 4. The summed E-state index contributed by atoms with van der Waals surface area (Å²) >= 11 is 0. The molecule has 0 heterocycles. The van der Waals surface area contributed by atoms with Crippen LogP contribution in [0.15, 0.2) is 0 Å². The third-order valence-electron chi connectivity index (χ3n) is 16.3. The first kappa shape index (κ1) is 87.1. The van der Waals surface area contributed by atoms with Gasteiger partial charge in [0.05, 0.1) is 26.4 Å². The third-order valence-corrected chi connectivity index (χ3v) is 18.2. The first-order valence-electron chi connectivity index (χ1n) is 36.6. The van der Waals surface area contributed by atoms with Crippen LogP contribution in [0.1, 0.15) is 362 Å². The minimum atomic E-state index is -4.95. The second-order valence-electron chi connectivity index (χ2n) is 25.7. The number of hydrogen-bond donors (Lipinski definition) is 3. The van der Waals surface area contributed by atoms with Crippen LogP contribution in [-0.4, -0.2) is 96.7 Å². The van der Waals surface area contributed by atoms with Gasteiger partial charge in [0.2, 0.25) is 0 Å². The molecule has 89 heavy (non-hydrogen) atoms. The number of unbranched alkanes of at least 4 members (excludes halogenated alkanes) is 42. The van der Waals surface area contributed by atoms with Crippen molar-refractivity contribution in [2.24, 2.45) is 5.92 Å². The number of phosphoric acid groups is 2. The summed E-state index contributed by atoms with van der Waals surface area (Å²) in [6.07, 6.45) is 49.9. The summed E-state index contributed by atoms with van der Waals surface area (Å²) in [4.78, 5) is 72.5. The molecule has 0 rings (SSSR count). The van der Waals surface area contributed by atoms with Crippen LogP contribution in [0.25, 0.3) is 0 Å². The van der Waals surface area contributed by atoms with Crippen molar-refractivity contribution in [2.45, 2.75) is 380 Å². The minimum absolute atomic E-state index is 0.107. The Hall–Kier alpha value is -1.94. The second-order valence-corrected chi connectivity index (χ2v) is 28.7. The monoisotopic (exact) mass is 1310 g/mol. The van der Waals surface area contributed by atoms with E-state index in [0.29, 0.717) is 31.6 Å². The van der Waals surface area contributed by atoms with E-state index >= 15 is 0 Å². The highest BCUT2D eigenvalue weighted by molar-refractivity contribution is 7.47. The Kier molecular flexibility index (Phi) is 62.1. The second kappa shape index (κ2) is 63.5. The van der Waals surface area contributed by atoms with Gasteiger partial charge in [-0.25, -0.2) is 9.13 Å². The number of esters is 4. The van der Waals surface area contributed by atoms with Gasteiger partial charge in [0.15, 0.2) is 12.2 Å². The quantitative estimate of drug-likeness (QED) is 0.0222.